The van der Waals surface area contributed by atoms with E-state index in [1.54, 1.807) is 24.1 Å². The van der Waals surface area contributed by atoms with E-state index in [9.17, 15) is 4.79 Å². The molecule has 1 amide bonds. The smallest absolute Gasteiger partial charge is 0.253 e. The van der Waals surface area contributed by atoms with Crippen LogP contribution < -0.4 is 5.32 Å². The van der Waals surface area contributed by atoms with Crippen molar-refractivity contribution in [2.24, 2.45) is 0 Å². The van der Waals surface area contributed by atoms with Crippen LogP contribution in [0.5, 0.6) is 0 Å². The molecule has 1 heterocycles. The molecular formula is C14H17N3O2. The molecule has 1 N–H and O–H groups in total. The van der Waals surface area contributed by atoms with Crippen LogP contribution in [0.3, 0.4) is 0 Å². The molecule has 19 heavy (non-hydrogen) atoms. The lowest BCUT2D eigenvalue weighted by Crippen LogP contribution is -2.48. The number of nitriles is 1. The molecule has 0 saturated carbocycles. The number of morpholine rings is 1. The van der Waals surface area contributed by atoms with E-state index in [4.69, 9.17) is 10.00 Å². The third-order valence-electron chi connectivity index (χ3n) is 3.08. The van der Waals surface area contributed by atoms with Gasteiger partial charge in [-0.15, -0.1) is 0 Å². The Kier molecular flexibility index (Phi) is 4.50. The van der Waals surface area contributed by atoms with Crippen molar-refractivity contribution >= 4 is 5.91 Å². The molecule has 0 aliphatic carbocycles. The highest BCUT2D eigenvalue weighted by atomic mass is 16.5. The van der Waals surface area contributed by atoms with Gasteiger partial charge in [-0.05, 0) is 17.7 Å². The predicted molar refractivity (Wildman–Crippen MR) is 70.2 cm³/mol. The number of likely N-dealkylation sites (N-methyl/N-ethyl adjacent to an activating group) is 1. The van der Waals surface area contributed by atoms with Crippen LogP contribution in [0.1, 0.15) is 11.1 Å². The number of ether oxygens (including phenoxy) is 1. The zero-order valence-corrected chi connectivity index (χ0v) is 10.9. The van der Waals surface area contributed by atoms with Crippen LogP contribution >= 0.6 is 0 Å². The summed E-state index contributed by atoms with van der Waals surface area (Å²) in [5.74, 6) is -0.0171. The van der Waals surface area contributed by atoms with Crippen molar-refractivity contribution in [2.45, 2.75) is 12.6 Å². The molecule has 0 aromatic heterocycles. The van der Waals surface area contributed by atoms with E-state index < -0.39 is 6.10 Å². The lowest BCUT2D eigenvalue weighted by atomic mass is 10.1. The van der Waals surface area contributed by atoms with Gasteiger partial charge in [0.05, 0.1) is 18.2 Å². The Balaban J connectivity index is 1.93. The Morgan fingerprint density at radius 3 is 2.84 bits per heavy atom. The monoisotopic (exact) mass is 259 g/mol. The summed E-state index contributed by atoms with van der Waals surface area (Å²) in [6.07, 6.45) is -0.392. The highest BCUT2D eigenvalue weighted by Crippen LogP contribution is 2.08. The van der Waals surface area contributed by atoms with E-state index in [0.29, 0.717) is 25.3 Å². The largest absolute Gasteiger partial charge is 0.366 e. The standard InChI is InChI=1S/C14H17N3O2/c1-17(14(18)13-9-16-6-7-19-13)10-12-4-2-11(8-15)3-5-12/h2-5,13,16H,6-7,9-10H2,1H3. The van der Waals surface area contributed by atoms with E-state index in [-0.39, 0.29) is 5.91 Å². The molecule has 1 fully saturated rings. The first-order valence-corrected chi connectivity index (χ1v) is 6.27. The summed E-state index contributed by atoms with van der Waals surface area (Å²) in [6, 6.07) is 9.31. The lowest BCUT2D eigenvalue weighted by molar-refractivity contribution is -0.144. The van der Waals surface area contributed by atoms with Crippen molar-refractivity contribution < 1.29 is 9.53 Å². The second kappa shape index (κ2) is 6.32. The van der Waals surface area contributed by atoms with E-state index in [0.717, 1.165) is 12.1 Å². The van der Waals surface area contributed by atoms with Gasteiger partial charge in [0.2, 0.25) is 0 Å². The van der Waals surface area contributed by atoms with Gasteiger partial charge >= 0.3 is 0 Å². The summed E-state index contributed by atoms with van der Waals surface area (Å²) < 4.78 is 5.44. The molecule has 1 unspecified atom stereocenters. The molecule has 5 nitrogen and oxygen atoms in total. The van der Waals surface area contributed by atoms with Crippen LogP contribution in [0.15, 0.2) is 24.3 Å². The quantitative estimate of drug-likeness (QED) is 0.858. The van der Waals surface area contributed by atoms with Crippen molar-refractivity contribution in [3.05, 3.63) is 35.4 Å². The van der Waals surface area contributed by atoms with Crippen LogP contribution in [0.2, 0.25) is 0 Å². The maximum Gasteiger partial charge on any atom is 0.253 e. The number of carbonyl (C=O) groups excluding carboxylic acids is 1. The van der Waals surface area contributed by atoms with E-state index in [1.165, 1.54) is 0 Å². The van der Waals surface area contributed by atoms with Gasteiger partial charge in [0.1, 0.15) is 6.10 Å². The molecule has 1 atom stereocenters. The maximum atomic E-state index is 12.1. The average molecular weight is 259 g/mol. The summed E-state index contributed by atoms with van der Waals surface area (Å²) in [4.78, 5) is 13.8. The Morgan fingerprint density at radius 2 is 2.26 bits per heavy atom. The van der Waals surface area contributed by atoms with E-state index in [1.807, 2.05) is 12.1 Å². The maximum absolute atomic E-state index is 12.1. The number of benzene rings is 1. The molecule has 0 bridgehead atoms. The number of hydrogen-bond acceptors (Lipinski definition) is 4. The van der Waals surface area contributed by atoms with Gasteiger partial charge in [0, 0.05) is 26.7 Å². The zero-order chi connectivity index (χ0) is 13.7. The van der Waals surface area contributed by atoms with Crippen LogP contribution in [-0.2, 0) is 16.1 Å². The first-order chi connectivity index (χ1) is 9.20. The Morgan fingerprint density at radius 1 is 1.53 bits per heavy atom. The topological polar surface area (TPSA) is 65.4 Å². The number of nitrogens with one attached hydrogen (secondary N) is 1. The summed E-state index contributed by atoms with van der Waals surface area (Å²) in [7, 11) is 1.76. The number of carbonyl (C=O) groups is 1. The van der Waals surface area contributed by atoms with Crippen LogP contribution in [0.4, 0.5) is 0 Å². The number of nitrogens with zero attached hydrogens (tertiary/aromatic N) is 2. The molecule has 5 heteroatoms. The summed E-state index contributed by atoms with van der Waals surface area (Å²) in [5, 5.41) is 11.9. The summed E-state index contributed by atoms with van der Waals surface area (Å²) in [5.41, 5.74) is 1.62. The summed E-state index contributed by atoms with van der Waals surface area (Å²) in [6.45, 7) is 2.45. The minimum absolute atomic E-state index is 0.0171. The minimum atomic E-state index is -0.392. The fourth-order valence-electron chi connectivity index (χ4n) is 2.01. The average Bonchev–Trinajstić information content (AvgIpc) is 2.48. The molecule has 2 rings (SSSR count). The van der Waals surface area contributed by atoms with Crippen LogP contribution in [0.25, 0.3) is 0 Å². The van der Waals surface area contributed by atoms with Crippen molar-refractivity contribution in [3.63, 3.8) is 0 Å². The summed E-state index contributed by atoms with van der Waals surface area (Å²) >= 11 is 0. The van der Waals surface area contributed by atoms with Gasteiger partial charge in [-0.2, -0.15) is 5.26 Å². The van der Waals surface area contributed by atoms with Gasteiger partial charge in [-0.1, -0.05) is 12.1 Å². The zero-order valence-electron chi connectivity index (χ0n) is 10.9. The second-order valence-electron chi connectivity index (χ2n) is 4.57. The molecule has 1 saturated heterocycles. The van der Waals surface area contributed by atoms with Crippen LogP contribution in [0, 0.1) is 11.3 Å². The van der Waals surface area contributed by atoms with Gasteiger partial charge < -0.3 is 15.0 Å². The highest BCUT2D eigenvalue weighted by Gasteiger charge is 2.24. The third kappa shape index (κ3) is 3.53. The third-order valence-corrected chi connectivity index (χ3v) is 3.08. The minimum Gasteiger partial charge on any atom is -0.366 e. The number of amides is 1. The van der Waals surface area contributed by atoms with Crippen LogP contribution in [-0.4, -0.2) is 43.7 Å². The van der Waals surface area contributed by atoms with Gasteiger partial charge in [-0.25, -0.2) is 0 Å². The van der Waals surface area contributed by atoms with E-state index >= 15 is 0 Å². The molecule has 1 aliphatic heterocycles. The first kappa shape index (κ1) is 13.5. The van der Waals surface area contributed by atoms with Gasteiger partial charge in [-0.3, -0.25) is 4.79 Å². The highest BCUT2D eigenvalue weighted by molar-refractivity contribution is 5.81. The van der Waals surface area contributed by atoms with Gasteiger partial charge in [0.25, 0.3) is 5.91 Å². The fraction of sp³-hybridized carbons (Fsp3) is 0.429. The molecule has 0 spiro atoms. The lowest BCUT2D eigenvalue weighted by Gasteiger charge is -2.27. The molecule has 1 aromatic carbocycles. The number of rotatable bonds is 3. The van der Waals surface area contributed by atoms with Crippen molar-refractivity contribution in [3.8, 4) is 6.07 Å². The Labute approximate surface area is 112 Å². The van der Waals surface area contributed by atoms with Crippen molar-refractivity contribution in [1.82, 2.24) is 10.2 Å². The molecular weight excluding hydrogens is 242 g/mol. The van der Waals surface area contributed by atoms with E-state index in [2.05, 4.69) is 11.4 Å². The fourth-order valence-corrected chi connectivity index (χ4v) is 2.01. The SMILES string of the molecule is CN(Cc1ccc(C#N)cc1)C(=O)C1CNCCO1. The van der Waals surface area contributed by atoms with Gasteiger partial charge in [0.15, 0.2) is 0 Å². The number of hydrogen-bond donors (Lipinski definition) is 1. The second-order valence-corrected chi connectivity index (χ2v) is 4.57. The molecule has 1 aliphatic rings. The normalized spacial score (nSPS) is 18.6. The molecule has 0 radical (unpaired) electrons. The molecule has 100 valence electrons. The predicted octanol–water partition coefficient (Wildman–Crippen LogP) is 0.505. The Hall–Kier alpha value is -1.90. The van der Waals surface area contributed by atoms with Crippen molar-refractivity contribution in [1.29, 1.82) is 5.26 Å². The Bertz CT molecular complexity index is 472. The van der Waals surface area contributed by atoms with Crippen molar-refractivity contribution in [2.75, 3.05) is 26.7 Å². The molecule has 1 aromatic rings. The first-order valence-electron chi connectivity index (χ1n) is 6.27.